The molecule has 1 amide bonds. The second kappa shape index (κ2) is 7.83. The van der Waals surface area contributed by atoms with Gasteiger partial charge in [-0.15, -0.1) is 12.4 Å². The molecule has 0 bridgehead atoms. The van der Waals surface area contributed by atoms with Crippen LogP contribution in [0.1, 0.15) is 31.2 Å². The predicted octanol–water partition coefficient (Wildman–Crippen LogP) is 3.67. The normalized spacial score (nSPS) is 21.8. The Morgan fingerprint density at radius 3 is 2.68 bits per heavy atom. The maximum Gasteiger partial charge on any atom is 0.393 e. The first-order valence-electron chi connectivity index (χ1n) is 7.05. The van der Waals surface area contributed by atoms with E-state index in [2.05, 4.69) is 5.32 Å². The quantitative estimate of drug-likeness (QED) is 0.885. The number of carbonyl (C=O) groups excluding carboxylic acids is 1. The molecule has 3 nitrogen and oxygen atoms in total. The summed E-state index contributed by atoms with van der Waals surface area (Å²) in [4.78, 5) is 12.1. The summed E-state index contributed by atoms with van der Waals surface area (Å²) in [6, 6.07) is 5.92. The van der Waals surface area contributed by atoms with Gasteiger partial charge in [-0.25, -0.2) is 0 Å². The fourth-order valence-electron chi connectivity index (χ4n) is 2.70. The Labute approximate surface area is 133 Å². The molecule has 2 rings (SSSR count). The summed E-state index contributed by atoms with van der Waals surface area (Å²) < 4.78 is 37.1. The maximum absolute atomic E-state index is 12.4. The number of hydrogen-bond acceptors (Lipinski definition) is 2. The van der Waals surface area contributed by atoms with Crippen LogP contribution in [0.3, 0.4) is 0 Å². The van der Waals surface area contributed by atoms with Gasteiger partial charge in [-0.2, -0.15) is 13.2 Å². The van der Waals surface area contributed by atoms with Gasteiger partial charge in [0.1, 0.15) is 0 Å². The zero-order valence-corrected chi connectivity index (χ0v) is 12.8. The van der Waals surface area contributed by atoms with Crippen molar-refractivity contribution >= 4 is 24.0 Å². The topological polar surface area (TPSA) is 55.1 Å². The van der Waals surface area contributed by atoms with Gasteiger partial charge in [-0.05, 0) is 37.0 Å². The molecule has 0 spiro atoms. The minimum atomic E-state index is -4.25. The summed E-state index contributed by atoms with van der Waals surface area (Å²) in [7, 11) is 0. The average Bonchev–Trinajstić information content (AvgIpc) is 2.37. The summed E-state index contributed by atoms with van der Waals surface area (Å²) in [6.45, 7) is 0. The van der Waals surface area contributed by atoms with E-state index in [-0.39, 0.29) is 35.8 Å². The highest BCUT2D eigenvalue weighted by molar-refractivity contribution is 5.92. The third-order valence-electron chi connectivity index (χ3n) is 3.68. The fraction of sp³-hybridized carbons (Fsp3) is 0.533. The predicted molar refractivity (Wildman–Crippen MR) is 82.0 cm³/mol. The number of benzene rings is 1. The third kappa shape index (κ3) is 5.85. The Morgan fingerprint density at radius 2 is 2.05 bits per heavy atom. The van der Waals surface area contributed by atoms with E-state index in [0.717, 1.165) is 19.3 Å². The molecule has 0 aliphatic heterocycles. The molecule has 124 valence electrons. The summed E-state index contributed by atoms with van der Waals surface area (Å²) in [5.41, 5.74) is 6.39. The van der Waals surface area contributed by atoms with Crippen molar-refractivity contribution in [2.45, 2.75) is 44.3 Å². The SMILES string of the molecule is Cl.NC1CCCC(C(=O)Nc2cccc(CC(F)(F)F)c2)C1. The van der Waals surface area contributed by atoms with Gasteiger partial charge in [0.15, 0.2) is 0 Å². The molecule has 3 N–H and O–H groups in total. The lowest BCUT2D eigenvalue weighted by molar-refractivity contribution is -0.127. The first-order valence-corrected chi connectivity index (χ1v) is 7.05. The number of hydrogen-bond donors (Lipinski definition) is 2. The Morgan fingerprint density at radius 1 is 1.32 bits per heavy atom. The maximum atomic E-state index is 12.4. The second-order valence-corrected chi connectivity index (χ2v) is 5.61. The van der Waals surface area contributed by atoms with Crippen LogP contribution in [0.2, 0.25) is 0 Å². The summed E-state index contributed by atoms with van der Waals surface area (Å²) in [5.74, 6) is -0.311. The van der Waals surface area contributed by atoms with Crippen LogP contribution in [0.4, 0.5) is 18.9 Å². The van der Waals surface area contributed by atoms with Gasteiger partial charge in [0.2, 0.25) is 5.91 Å². The summed E-state index contributed by atoms with van der Waals surface area (Å²) in [5, 5.41) is 2.70. The van der Waals surface area contributed by atoms with Gasteiger partial charge in [0.25, 0.3) is 0 Å². The van der Waals surface area contributed by atoms with Gasteiger partial charge in [0, 0.05) is 17.6 Å². The van der Waals surface area contributed by atoms with E-state index >= 15 is 0 Å². The second-order valence-electron chi connectivity index (χ2n) is 5.61. The van der Waals surface area contributed by atoms with Gasteiger partial charge in [-0.1, -0.05) is 18.6 Å². The van der Waals surface area contributed by atoms with Crippen LogP contribution in [0.15, 0.2) is 24.3 Å². The Bertz CT molecular complexity index is 508. The number of amides is 1. The van der Waals surface area contributed by atoms with Crippen molar-refractivity contribution in [3.05, 3.63) is 29.8 Å². The van der Waals surface area contributed by atoms with E-state index in [9.17, 15) is 18.0 Å². The third-order valence-corrected chi connectivity index (χ3v) is 3.68. The zero-order chi connectivity index (χ0) is 15.5. The largest absolute Gasteiger partial charge is 0.393 e. The zero-order valence-electron chi connectivity index (χ0n) is 12.0. The molecule has 1 saturated carbocycles. The van der Waals surface area contributed by atoms with E-state index < -0.39 is 12.6 Å². The van der Waals surface area contributed by atoms with Crippen LogP contribution in [-0.2, 0) is 11.2 Å². The fourth-order valence-corrected chi connectivity index (χ4v) is 2.70. The number of carbonyl (C=O) groups is 1. The van der Waals surface area contributed by atoms with E-state index in [1.807, 2.05) is 0 Å². The highest BCUT2D eigenvalue weighted by atomic mass is 35.5. The van der Waals surface area contributed by atoms with E-state index in [4.69, 9.17) is 5.73 Å². The van der Waals surface area contributed by atoms with Crippen LogP contribution in [-0.4, -0.2) is 18.1 Å². The number of halogens is 4. The molecule has 1 aromatic rings. The number of rotatable bonds is 3. The van der Waals surface area contributed by atoms with E-state index in [0.29, 0.717) is 12.1 Å². The highest BCUT2D eigenvalue weighted by Crippen LogP contribution is 2.26. The van der Waals surface area contributed by atoms with E-state index in [1.165, 1.54) is 18.2 Å². The monoisotopic (exact) mass is 336 g/mol. The van der Waals surface area contributed by atoms with E-state index in [1.54, 1.807) is 6.07 Å². The van der Waals surface area contributed by atoms with Crippen LogP contribution >= 0.6 is 12.4 Å². The summed E-state index contributed by atoms with van der Waals surface area (Å²) >= 11 is 0. The van der Waals surface area contributed by atoms with Crippen LogP contribution in [0.5, 0.6) is 0 Å². The molecule has 1 fully saturated rings. The van der Waals surface area contributed by atoms with Crippen LogP contribution in [0, 0.1) is 5.92 Å². The Hall–Kier alpha value is -1.27. The first-order chi connectivity index (χ1) is 9.83. The van der Waals surface area contributed by atoms with Crippen molar-refractivity contribution < 1.29 is 18.0 Å². The molecule has 1 aromatic carbocycles. The lowest BCUT2D eigenvalue weighted by Gasteiger charge is -2.25. The van der Waals surface area contributed by atoms with Gasteiger partial charge in [0.05, 0.1) is 6.42 Å². The van der Waals surface area contributed by atoms with Crippen LogP contribution < -0.4 is 11.1 Å². The number of anilines is 1. The van der Waals surface area contributed by atoms with Gasteiger partial charge >= 0.3 is 6.18 Å². The molecule has 1 aliphatic rings. The molecule has 7 heteroatoms. The molecule has 1 aliphatic carbocycles. The average molecular weight is 337 g/mol. The number of nitrogens with one attached hydrogen (secondary N) is 1. The van der Waals surface area contributed by atoms with Crippen LogP contribution in [0.25, 0.3) is 0 Å². The highest BCUT2D eigenvalue weighted by Gasteiger charge is 2.28. The van der Waals surface area contributed by atoms with Crippen molar-refractivity contribution in [3.8, 4) is 0 Å². The van der Waals surface area contributed by atoms with Crippen molar-refractivity contribution in [2.24, 2.45) is 11.7 Å². The smallest absolute Gasteiger partial charge is 0.328 e. The van der Waals surface area contributed by atoms with Crippen molar-refractivity contribution in [1.29, 1.82) is 0 Å². The number of alkyl halides is 3. The minimum absolute atomic E-state index is 0. The molecule has 22 heavy (non-hydrogen) atoms. The van der Waals surface area contributed by atoms with Gasteiger partial charge < -0.3 is 11.1 Å². The Balaban J connectivity index is 0.00000242. The minimum Gasteiger partial charge on any atom is -0.328 e. The molecular formula is C15H20ClF3N2O. The van der Waals surface area contributed by atoms with Crippen molar-refractivity contribution in [3.63, 3.8) is 0 Å². The number of nitrogens with two attached hydrogens (primary N) is 1. The van der Waals surface area contributed by atoms with Gasteiger partial charge in [-0.3, -0.25) is 4.79 Å². The molecule has 2 atom stereocenters. The Kier molecular flexibility index (Phi) is 6.68. The molecule has 2 unspecified atom stereocenters. The molecule has 0 heterocycles. The lowest BCUT2D eigenvalue weighted by Crippen LogP contribution is -2.34. The molecule has 0 saturated heterocycles. The molecule has 0 radical (unpaired) electrons. The molecular weight excluding hydrogens is 317 g/mol. The lowest BCUT2D eigenvalue weighted by atomic mass is 9.85. The van der Waals surface area contributed by atoms with Crippen molar-refractivity contribution in [2.75, 3.05) is 5.32 Å². The first kappa shape index (κ1) is 18.8. The van der Waals surface area contributed by atoms with Crippen molar-refractivity contribution in [1.82, 2.24) is 0 Å². The molecule has 0 aromatic heterocycles. The summed E-state index contributed by atoms with van der Waals surface area (Å²) in [6.07, 6.45) is -2.00. The standard InChI is InChI=1S/C15H19F3N2O.ClH/c16-15(17,18)9-10-3-1-6-13(7-10)20-14(21)11-4-2-5-12(19)8-11;/h1,3,6-7,11-12H,2,4-5,8-9,19H2,(H,20,21);1H.